The van der Waals surface area contributed by atoms with Crippen LogP contribution in [0.5, 0.6) is 0 Å². The molecule has 1 aromatic heterocycles. The fourth-order valence-corrected chi connectivity index (χ4v) is 5.03. The average molecular weight is 429 g/mol. The van der Waals surface area contributed by atoms with Crippen LogP contribution in [-0.4, -0.2) is 58.0 Å². The predicted octanol–water partition coefficient (Wildman–Crippen LogP) is 0.869. The van der Waals surface area contributed by atoms with E-state index in [2.05, 4.69) is 15.8 Å². The summed E-state index contributed by atoms with van der Waals surface area (Å²) >= 11 is 0. The maximum atomic E-state index is 13.1. The van der Waals surface area contributed by atoms with Crippen molar-refractivity contribution in [2.75, 3.05) is 6.54 Å². The molecule has 0 spiro atoms. The lowest BCUT2D eigenvalue weighted by Crippen LogP contribution is -2.52. The summed E-state index contributed by atoms with van der Waals surface area (Å²) in [6.45, 7) is 3.35. The first kappa shape index (κ1) is 20.3. The van der Waals surface area contributed by atoms with Crippen molar-refractivity contribution in [1.29, 1.82) is 0 Å². The molecule has 0 bridgehead atoms. The zero-order valence-corrected chi connectivity index (χ0v) is 17.4. The Labute approximate surface area is 174 Å². The van der Waals surface area contributed by atoms with E-state index in [-0.39, 0.29) is 24.4 Å². The number of nitrogens with zero attached hydrogens (tertiary/aromatic N) is 3. The second-order valence-electron chi connectivity index (χ2n) is 7.90. The van der Waals surface area contributed by atoms with Crippen LogP contribution in [0.2, 0.25) is 0 Å². The summed E-state index contributed by atoms with van der Waals surface area (Å²) in [7, 11) is -3.74. The van der Waals surface area contributed by atoms with Crippen molar-refractivity contribution in [2.45, 2.75) is 44.0 Å². The van der Waals surface area contributed by atoms with Crippen molar-refractivity contribution in [3.63, 3.8) is 0 Å². The second kappa shape index (κ2) is 7.04. The van der Waals surface area contributed by atoms with Crippen molar-refractivity contribution >= 4 is 27.7 Å². The molecule has 0 aromatic carbocycles. The van der Waals surface area contributed by atoms with E-state index >= 15 is 0 Å². The van der Waals surface area contributed by atoms with Crippen LogP contribution in [0.3, 0.4) is 0 Å². The highest BCUT2D eigenvalue weighted by molar-refractivity contribution is 7.90. The van der Waals surface area contributed by atoms with Crippen LogP contribution in [-0.2, 0) is 21.4 Å². The molecule has 10 heteroatoms. The number of aromatic nitrogens is 1. The van der Waals surface area contributed by atoms with E-state index in [1.165, 1.54) is 22.8 Å². The average Bonchev–Trinajstić information content (AvgIpc) is 3.26. The molecule has 156 valence electrons. The first-order valence-electron chi connectivity index (χ1n) is 9.43. The quantitative estimate of drug-likeness (QED) is 0.530. The van der Waals surface area contributed by atoms with Crippen molar-refractivity contribution in [3.8, 4) is 12.3 Å². The van der Waals surface area contributed by atoms with E-state index in [1.807, 2.05) is 6.92 Å². The molecule has 1 unspecified atom stereocenters. The van der Waals surface area contributed by atoms with Crippen LogP contribution in [0.25, 0.3) is 0 Å². The molecule has 2 heterocycles. The zero-order chi connectivity index (χ0) is 21.7. The maximum Gasteiger partial charge on any atom is 0.502 e. The highest BCUT2D eigenvalue weighted by atomic mass is 32.2. The number of nitrogens with one attached hydrogen (secondary N) is 1. The van der Waals surface area contributed by atoms with Gasteiger partial charge >= 0.3 is 11.9 Å². The molecule has 30 heavy (non-hydrogen) atoms. The van der Waals surface area contributed by atoms with Crippen molar-refractivity contribution in [3.05, 3.63) is 41.3 Å². The van der Waals surface area contributed by atoms with Crippen molar-refractivity contribution in [1.82, 2.24) is 14.8 Å². The Morgan fingerprint density at radius 3 is 2.77 bits per heavy atom. The fourth-order valence-electron chi connectivity index (χ4n) is 3.40. The topological polar surface area (TPSA) is 113 Å². The summed E-state index contributed by atoms with van der Waals surface area (Å²) in [6.07, 6.45) is 11.2. The number of carbonyl (C=O) groups is 2. The number of fused-ring (bicyclic) bond motifs is 1. The van der Waals surface area contributed by atoms with Crippen LogP contribution >= 0.6 is 0 Å². The van der Waals surface area contributed by atoms with Crippen molar-refractivity contribution in [2.24, 2.45) is 0 Å². The Balaban J connectivity index is 1.72. The summed E-state index contributed by atoms with van der Waals surface area (Å²) in [5, 5.41) is 2.73. The number of imide groups is 1. The smallest absolute Gasteiger partial charge is 0.357 e. The molecule has 1 aliphatic heterocycles. The van der Waals surface area contributed by atoms with Gasteiger partial charge in [0.05, 0.1) is 5.69 Å². The van der Waals surface area contributed by atoms with Gasteiger partial charge in [-0.1, -0.05) is 17.2 Å². The van der Waals surface area contributed by atoms with Crippen LogP contribution in [0.1, 0.15) is 31.2 Å². The number of terminal acetylenes is 1. The van der Waals surface area contributed by atoms with Crippen LogP contribution in [0.4, 0.5) is 4.79 Å². The number of allylic oxidation sites excluding steroid dienone is 1. The molecule has 3 amide bonds. The van der Waals surface area contributed by atoms with Gasteiger partial charge in [0.2, 0.25) is 10.0 Å². The number of amides is 3. The molecule has 1 N–H and O–H groups in total. The van der Waals surface area contributed by atoms with Gasteiger partial charge in [0.1, 0.15) is 16.5 Å². The highest BCUT2D eigenvalue weighted by Crippen LogP contribution is 2.36. The van der Waals surface area contributed by atoms with Gasteiger partial charge in [0.15, 0.2) is 18.8 Å². The summed E-state index contributed by atoms with van der Waals surface area (Å²) < 4.78 is 34.7. The van der Waals surface area contributed by atoms with Crippen LogP contribution < -0.4 is 4.72 Å². The normalized spacial score (nSPS) is 22.6. The van der Waals surface area contributed by atoms with Gasteiger partial charge in [0, 0.05) is 11.6 Å². The molecule has 3 aliphatic rings. The number of sulfonamides is 1. The number of rotatable bonds is 6. The van der Waals surface area contributed by atoms with E-state index in [4.69, 9.17) is 10.9 Å². The lowest BCUT2D eigenvalue weighted by Gasteiger charge is -2.25. The second-order valence-corrected chi connectivity index (χ2v) is 9.73. The molecule has 4 rings (SSSR count). The Morgan fingerprint density at radius 2 is 2.17 bits per heavy atom. The Kier molecular flexibility index (Phi) is 4.75. The highest BCUT2D eigenvalue weighted by Gasteiger charge is 2.47. The molecule has 1 saturated carbocycles. The zero-order valence-electron chi connectivity index (χ0n) is 16.6. The minimum atomic E-state index is -3.74. The van der Waals surface area contributed by atoms with E-state index in [0.717, 1.165) is 17.7 Å². The van der Waals surface area contributed by atoms with Gasteiger partial charge in [-0.15, -0.1) is 11.3 Å². The predicted molar refractivity (Wildman–Crippen MR) is 107 cm³/mol. The first-order chi connectivity index (χ1) is 14.1. The standard InChI is InChI=1S/C20H21N4O5S/c1-4-9-23-17-6-5-15(30(27,28)22-20(3)7-8-20)11-16(17)18(25)24(19(23)26)12-14-10-13(2)21-29-14/h1,5-6,10-11,15,22H,7-9,12H2,2-3H3/q+1. The maximum absolute atomic E-state index is 13.1. The van der Waals surface area contributed by atoms with Gasteiger partial charge in [-0.2, -0.15) is 9.37 Å². The number of carbonyl (C=O) groups excluding carboxylic acids is 2. The molecule has 2 aliphatic carbocycles. The van der Waals surface area contributed by atoms with Crippen molar-refractivity contribution < 1.29 is 27.1 Å². The fraction of sp³-hybridized carbons (Fsp3) is 0.400. The van der Waals surface area contributed by atoms with E-state index in [9.17, 15) is 18.0 Å². The SMILES string of the molecule is C#CC[N+]1=C2C=CC(S(=O)(=O)NC3(C)CC3)C=C2C(=O)N(Cc2cc(C)no2)C1=O. The summed E-state index contributed by atoms with van der Waals surface area (Å²) in [6, 6.07) is 1.02. The minimum Gasteiger partial charge on any atom is -0.357 e. The van der Waals surface area contributed by atoms with E-state index in [0.29, 0.717) is 11.5 Å². The van der Waals surface area contributed by atoms with Gasteiger partial charge in [0.25, 0.3) is 0 Å². The summed E-state index contributed by atoms with van der Waals surface area (Å²) in [4.78, 5) is 27.0. The monoisotopic (exact) mass is 429 g/mol. The van der Waals surface area contributed by atoms with Crippen LogP contribution in [0, 0.1) is 19.3 Å². The number of hydrogen-bond donors (Lipinski definition) is 1. The van der Waals surface area contributed by atoms with Gasteiger partial charge in [-0.25, -0.2) is 17.9 Å². The number of urea groups is 1. The third-order valence-electron chi connectivity index (χ3n) is 5.27. The Morgan fingerprint density at radius 1 is 1.43 bits per heavy atom. The molecule has 9 nitrogen and oxygen atoms in total. The molecule has 1 atom stereocenters. The lowest BCUT2D eigenvalue weighted by atomic mass is 9.99. The molecular weight excluding hydrogens is 408 g/mol. The molecule has 1 aromatic rings. The van der Waals surface area contributed by atoms with Crippen LogP contribution in [0.15, 0.2) is 34.4 Å². The van der Waals surface area contributed by atoms with Gasteiger partial charge < -0.3 is 4.52 Å². The third-order valence-corrected chi connectivity index (χ3v) is 7.05. The third kappa shape index (κ3) is 3.62. The first-order valence-corrected chi connectivity index (χ1v) is 11.0. The summed E-state index contributed by atoms with van der Waals surface area (Å²) in [5.74, 6) is 2.12. The molecular formula is C20H21N4O5S+. The van der Waals surface area contributed by atoms with E-state index < -0.39 is 32.8 Å². The number of hydrogen-bond acceptors (Lipinski definition) is 6. The largest absolute Gasteiger partial charge is 0.502 e. The van der Waals surface area contributed by atoms with E-state index in [1.54, 1.807) is 13.0 Å². The van der Waals surface area contributed by atoms with Gasteiger partial charge in [-0.3, -0.25) is 0 Å². The van der Waals surface area contributed by atoms with Gasteiger partial charge in [-0.05, 0) is 38.8 Å². The summed E-state index contributed by atoms with van der Waals surface area (Å²) in [5.41, 5.74) is 0.574. The molecule has 0 radical (unpaired) electrons. The minimum absolute atomic E-state index is 0.0667. The molecule has 0 saturated heterocycles. The number of aryl methyl sites for hydroxylation is 1. The Hall–Kier alpha value is -3.03. The lowest BCUT2D eigenvalue weighted by molar-refractivity contribution is -0.422. The Bertz CT molecular complexity index is 1180. The molecule has 1 fully saturated rings.